The topological polar surface area (TPSA) is 214 Å². The number of amides is 2. The zero-order chi connectivity index (χ0) is 30.8. The van der Waals surface area contributed by atoms with Crippen LogP contribution >= 0.6 is 12.2 Å². The number of hydrogen-bond donors (Lipinski definition) is 6. The maximum Gasteiger partial charge on any atom is 0.335 e. The van der Waals surface area contributed by atoms with Crippen molar-refractivity contribution in [2.45, 2.75) is 19.6 Å². The molecule has 2 heterocycles. The van der Waals surface area contributed by atoms with E-state index >= 15 is 0 Å². The molecule has 2 aromatic heterocycles. The summed E-state index contributed by atoms with van der Waals surface area (Å²) in [5.41, 5.74) is 4.90. The van der Waals surface area contributed by atoms with E-state index in [-0.39, 0.29) is 64.1 Å². The molecule has 5 rings (SSSR count). The van der Waals surface area contributed by atoms with Crippen LogP contribution in [-0.4, -0.2) is 42.5 Å². The second kappa shape index (κ2) is 11.6. The van der Waals surface area contributed by atoms with Crippen LogP contribution in [-0.2, 0) is 19.6 Å². The summed E-state index contributed by atoms with van der Waals surface area (Å²) in [4.78, 5) is 64.2. The molecule has 0 saturated heterocycles. The molecule has 0 spiro atoms. The largest absolute Gasteiger partial charge is 0.478 e. The quantitative estimate of drug-likeness (QED) is 0.0986. The average Bonchev–Trinajstić information content (AvgIpc) is 3.39. The summed E-state index contributed by atoms with van der Waals surface area (Å²) in [5.74, 6) is -2.93. The van der Waals surface area contributed by atoms with Gasteiger partial charge in [-0.25, -0.2) is 23.7 Å². The highest BCUT2D eigenvalue weighted by Gasteiger charge is 2.20. The van der Waals surface area contributed by atoms with E-state index in [1.165, 1.54) is 40.8 Å². The van der Waals surface area contributed by atoms with Crippen molar-refractivity contribution in [2.75, 3.05) is 11.1 Å². The van der Waals surface area contributed by atoms with Crippen LogP contribution in [0.5, 0.6) is 0 Å². The van der Waals surface area contributed by atoms with Gasteiger partial charge in [-0.2, -0.15) is 0 Å². The highest BCUT2D eigenvalue weighted by molar-refractivity contribution is 7.71. The van der Waals surface area contributed by atoms with Gasteiger partial charge in [0.1, 0.15) is 28.6 Å². The fourth-order valence-corrected chi connectivity index (χ4v) is 4.38. The van der Waals surface area contributed by atoms with Crippen LogP contribution in [0.3, 0.4) is 0 Å². The molecule has 5 aromatic rings. The van der Waals surface area contributed by atoms with Crippen LogP contribution in [0.4, 0.5) is 15.8 Å². The van der Waals surface area contributed by atoms with Gasteiger partial charge in [-0.05, 0) is 53.7 Å². The number of nitrogens with zero attached hydrogens (tertiary/aromatic N) is 3. The summed E-state index contributed by atoms with van der Waals surface area (Å²) in [6, 6.07) is 11.3. The van der Waals surface area contributed by atoms with E-state index in [1.807, 2.05) is 0 Å². The Labute approximate surface area is 245 Å². The molecule has 16 heteroatoms. The number of carbonyl (C=O) groups excluding carboxylic acids is 2. The molecule has 0 bridgehead atoms. The van der Waals surface area contributed by atoms with Crippen LogP contribution in [0.15, 0.2) is 58.1 Å². The van der Waals surface area contributed by atoms with Crippen molar-refractivity contribution < 1.29 is 23.9 Å². The van der Waals surface area contributed by atoms with E-state index in [2.05, 4.69) is 31.1 Å². The summed E-state index contributed by atoms with van der Waals surface area (Å²) in [7, 11) is 0. The number of benzene rings is 2. The molecule has 0 unspecified atom stereocenters. The molecule has 218 valence electrons. The van der Waals surface area contributed by atoms with E-state index in [1.54, 1.807) is 12.1 Å². The summed E-state index contributed by atoms with van der Waals surface area (Å²) in [6.07, 6.45) is 0. The van der Waals surface area contributed by atoms with Crippen molar-refractivity contribution in [3.8, 4) is 0 Å². The molecule has 3 aromatic carbocycles. The second-order valence-electron chi connectivity index (χ2n) is 9.28. The van der Waals surface area contributed by atoms with Crippen LogP contribution in [0.25, 0.3) is 5.78 Å². The number of nitrogen functional groups attached to an aromatic ring is 1. The van der Waals surface area contributed by atoms with Crippen molar-refractivity contribution in [3.05, 3.63) is 113 Å². The number of anilines is 2. The molecule has 0 radical (unpaired) electrons. The Kier molecular flexibility index (Phi) is 7.76. The van der Waals surface area contributed by atoms with Gasteiger partial charge >= 0.3 is 5.97 Å². The number of hydrogen-bond acceptors (Lipinski definition) is 10. The van der Waals surface area contributed by atoms with Gasteiger partial charge in [0.05, 0.1) is 5.56 Å². The summed E-state index contributed by atoms with van der Waals surface area (Å²) in [5, 5.41) is 23.5. The molecule has 0 aliphatic carbocycles. The van der Waals surface area contributed by atoms with Crippen molar-refractivity contribution in [3.63, 3.8) is 0 Å². The van der Waals surface area contributed by atoms with Crippen molar-refractivity contribution in [1.29, 1.82) is 0 Å². The molecule has 0 aliphatic rings. The zero-order valence-electron chi connectivity index (χ0n) is 21.9. The first-order chi connectivity index (χ1) is 20.5. The van der Waals surface area contributed by atoms with Gasteiger partial charge in [0.2, 0.25) is 4.77 Å². The van der Waals surface area contributed by atoms with Crippen LogP contribution < -0.4 is 32.5 Å². The first kappa shape index (κ1) is 28.7. The van der Waals surface area contributed by atoms with Gasteiger partial charge in [0, 0.05) is 25.2 Å². The smallest absolute Gasteiger partial charge is 0.335 e. The van der Waals surface area contributed by atoms with Gasteiger partial charge in [0.25, 0.3) is 28.4 Å². The monoisotopic (exact) mass is 604 g/mol. The third kappa shape index (κ3) is 5.84. The fraction of sp³-hybridized carbons (Fsp3) is 0.111. The minimum absolute atomic E-state index is 0.0243. The summed E-state index contributed by atoms with van der Waals surface area (Å²) in [6.45, 7) is -0.101. The number of nitrogens with one attached hydrogen (secondary N) is 4. The predicted octanol–water partition coefficient (Wildman–Crippen LogP) is 1.27. The number of nitrogens with two attached hydrogens (primary N) is 1. The van der Waals surface area contributed by atoms with Crippen LogP contribution in [0.1, 0.15) is 48.0 Å². The number of fused-ring (bicyclic) bond motifs is 1. The number of halogens is 1. The number of aromatic nitrogens is 4. The molecule has 7 N–H and O–H groups in total. The molecule has 43 heavy (non-hydrogen) atoms. The number of H-pyrrole nitrogens is 1. The van der Waals surface area contributed by atoms with E-state index in [0.29, 0.717) is 11.1 Å². The molecule has 2 amide bonds. The second-order valence-corrected chi connectivity index (χ2v) is 9.67. The van der Waals surface area contributed by atoms with Gasteiger partial charge < -0.3 is 26.8 Å². The number of aromatic amines is 1. The molecule has 0 aliphatic heterocycles. The normalized spacial score (nSPS) is 11.0. The van der Waals surface area contributed by atoms with Gasteiger partial charge in [-0.15, -0.1) is 5.10 Å². The Balaban J connectivity index is 1.29. The Morgan fingerprint density at radius 2 is 1.63 bits per heavy atom. The molecule has 14 nitrogen and oxygen atoms in total. The molecule has 0 atom stereocenters. The van der Waals surface area contributed by atoms with E-state index in [0.717, 1.165) is 0 Å². The fourth-order valence-electron chi connectivity index (χ4n) is 4.15. The first-order valence-electron chi connectivity index (χ1n) is 12.5. The molecular formula is C27H21FN8O6S. The SMILES string of the molecule is Nc1c(NCc2cc(CNC(=O)c3cc(C(=O)NCc4ccc(C(=O)O)cc4)n4c(=S)[nH]nc4n3)ccc2F)c(=O)c1=O. The Bertz CT molecular complexity index is 2050. The lowest BCUT2D eigenvalue weighted by molar-refractivity contribution is 0.0696. The lowest BCUT2D eigenvalue weighted by Crippen LogP contribution is -2.37. The van der Waals surface area contributed by atoms with Crippen molar-refractivity contribution in [2.24, 2.45) is 0 Å². The molecule has 0 fully saturated rings. The van der Waals surface area contributed by atoms with Crippen molar-refractivity contribution in [1.82, 2.24) is 30.2 Å². The molecular weight excluding hydrogens is 583 g/mol. The summed E-state index contributed by atoms with van der Waals surface area (Å²) < 4.78 is 15.7. The standard InChI is InChI=1S/C27H21FN8O6S/c28-16-6-3-13(7-15(16)11-30-20-19(29)21(37)22(20)38)10-31-23(39)17-8-18(36-26(33-17)34-35-27(36)43)24(40)32-9-12-1-4-14(5-2-12)25(41)42/h1-8,30H,9-11,29H2,(H,31,39)(H,32,40)(H,35,43)(H,41,42). The zero-order valence-corrected chi connectivity index (χ0v) is 22.8. The van der Waals surface area contributed by atoms with Crippen LogP contribution in [0.2, 0.25) is 0 Å². The summed E-state index contributed by atoms with van der Waals surface area (Å²) >= 11 is 5.21. The minimum atomic E-state index is -1.07. The highest BCUT2D eigenvalue weighted by Crippen LogP contribution is 2.16. The van der Waals surface area contributed by atoms with E-state index < -0.39 is 34.5 Å². The van der Waals surface area contributed by atoms with Crippen LogP contribution in [0, 0.1) is 10.6 Å². The lowest BCUT2D eigenvalue weighted by Gasteiger charge is -2.12. The third-order valence-electron chi connectivity index (χ3n) is 6.47. The third-order valence-corrected chi connectivity index (χ3v) is 6.75. The number of rotatable bonds is 10. The van der Waals surface area contributed by atoms with E-state index in [4.69, 9.17) is 23.1 Å². The first-order valence-corrected chi connectivity index (χ1v) is 12.9. The number of aromatic carboxylic acids is 1. The lowest BCUT2D eigenvalue weighted by atomic mass is 10.1. The van der Waals surface area contributed by atoms with Crippen molar-refractivity contribution >= 4 is 47.2 Å². The van der Waals surface area contributed by atoms with Gasteiger partial charge in [0.15, 0.2) is 0 Å². The average molecular weight is 605 g/mol. The Hall–Kier alpha value is -5.77. The predicted molar refractivity (Wildman–Crippen MR) is 153 cm³/mol. The number of carboxylic acid groups (broad SMARTS) is 1. The Morgan fingerprint density at radius 3 is 2.33 bits per heavy atom. The maximum atomic E-state index is 14.3. The number of carbonyl (C=O) groups is 3. The van der Waals surface area contributed by atoms with Gasteiger partial charge in [-0.3, -0.25) is 19.2 Å². The number of carboxylic acids is 1. The minimum Gasteiger partial charge on any atom is -0.478 e. The van der Waals surface area contributed by atoms with E-state index in [9.17, 15) is 28.4 Å². The van der Waals surface area contributed by atoms with Gasteiger partial charge in [-0.1, -0.05) is 18.2 Å². The Morgan fingerprint density at radius 1 is 0.953 bits per heavy atom. The highest BCUT2D eigenvalue weighted by atomic mass is 32.1. The maximum absolute atomic E-state index is 14.3. The molecule has 0 saturated carbocycles.